The van der Waals surface area contributed by atoms with E-state index in [9.17, 15) is 37.8 Å². The fraction of sp³-hybridized carbons (Fsp3) is 0.200. The number of rotatable bonds is 7. The van der Waals surface area contributed by atoms with E-state index in [1.165, 1.54) is 6.92 Å². The largest absolute Gasteiger partial charge is 0.484 e. The summed E-state index contributed by atoms with van der Waals surface area (Å²) in [5.41, 5.74) is -1.51. The molecule has 0 radical (unpaired) electrons. The van der Waals surface area contributed by atoms with Crippen molar-refractivity contribution in [2.45, 2.75) is 17.1 Å². The van der Waals surface area contributed by atoms with Gasteiger partial charge < -0.3 is 4.74 Å². The van der Waals surface area contributed by atoms with Crippen molar-refractivity contribution in [1.82, 2.24) is 0 Å². The zero-order chi connectivity index (χ0) is 20.3. The molecule has 2 rings (SSSR count). The fourth-order valence-corrected chi connectivity index (χ4v) is 3.02. The molecule has 2 aromatic carbocycles. The van der Waals surface area contributed by atoms with Crippen LogP contribution in [0.1, 0.15) is 6.92 Å². The molecule has 1 atom stereocenters. The number of thioether (sulfide) groups is 1. The standard InChI is InChI=1S/C15H10F4N2O5S/c1-7(27-15-11(21(24)25)5-3-9(17)13(15)19)6-26-14-10(20(22)23)4-2-8(16)12(14)18/h2-5,7H,6H2,1H3. The Morgan fingerprint density at radius 1 is 0.963 bits per heavy atom. The molecule has 144 valence electrons. The van der Waals surface area contributed by atoms with Gasteiger partial charge in [-0.25, -0.2) is 13.2 Å². The average molecular weight is 406 g/mol. The quantitative estimate of drug-likeness (QED) is 0.288. The third-order valence-corrected chi connectivity index (χ3v) is 4.40. The van der Waals surface area contributed by atoms with Crippen LogP contribution in [0, 0.1) is 43.5 Å². The van der Waals surface area contributed by atoms with Crippen molar-refractivity contribution in [3.8, 4) is 5.75 Å². The molecule has 0 saturated heterocycles. The molecule has 27 heavy (non-hydrogen) atoms. The molecule has 0 saturated carbocycles. The molecule has 1 unspecified atom stereocenters. The van der Waals surface area contributed by atoms with E-state index < -0.39 is 67.0 Å². The van der Waals surface area contributed by atoms with Crippen LogP contribution in [0.4, 0.5) is 28.9 Å². The van der Waals surface area contributed by atoms with Crippen LogP contribution in [0.5, 0.6) is 5.75 Å². The number of nitro groups is 2. The van der Waals surface area contributed by atoms with Gasteiger partial charge in [0.25, 0.3) is 5.69 Å². The summed E-state index contributed by atoms with van der Waals surface area (Å²) in [4.78, 5) is 19.3. The third kappa shape index (κ3) is 4.45. The van der Waals surface area contributed by atoms with Gasteiger partial charge in [0.1, 0.15) is 11.5 Å². The van der Waals surface area contributed by atoms with Gasteiger partial charge in [-0.3, -0.25) is 20.2 Å². The molecule has 2 aromatic rings. The summed E-state index contributed by atoms with van der Waals surface area (Å²) in [6.45, 7) is 0.876. The van der Waals surface area contributed by atoms with Gasteiger partial charge in [0, 0.05) is 17.4 Å². The van der Waals surface area contributed by atoms with Gasteiger partial charge in [-0.15, -0.1) is 11.8 Å². The second kappa shape index (κ2) is 8.20. The Hall–Kier alpha value is -2.89. The molecule has 7 nitrogen and oxygen atoms in total. The van der Waals surface area contributed by atoms with Crippen LogP contribution < -0.4 is 4.74 Å². The van der Waals surface area contributed by atoms with Crippen molar-refractivity contribution in [2.24, 2.45) is 0 Å². The van der Waals surface area contributed by atoms with Gasteiger partial charge in [-0.05, 0) is 19.1 Å². The normalized spacial score (nSPS) is 11.9. The van der Waals surface area contributed by atoms with Gasteiger partial charge in [-0.1, -0.05) is 0 Å². The van der Waals surface area contributed by atoms with Crippen molar-refractivity contribution in [2.75, 3.05) is 6.61 Å². The first-order valence-electron chi connectivity index (χ1n) is 7.17. The first-order chi connectivity index (χ1) is 12.6. The number of hydrogen-bond acceptors (Lipinski definition) is 6. The van der Waals surface area contributed by atoms with Gasteiger partial charge in [0.05, 0.1) is 9.85 Å². The van der Waals surface area contributed by atoms with E-state index in [1.54, 1.807) is 0 Å². The lowest BCUT2D eigenvalue weighted by atomic mass is 10.2. The first kappa shape index (κ1) is 20.4. The summed E-state index contributed by atoms with van der Waals surface area (Å²) < 4.78 is 59.3. The number of halogens is 4. The van der Waals surface area contributed by atoms with Crippen LogP contribution in [0.25, 0.3) is 0 Å². The van der Waals surface area contributed by atoms with Crippen molar-refractivity contribution in [3.05, 3.63) is 67.8 Å². The predicted molar refractivity (Wildman–Crippen MR) is 86.8 cm³/mol. The monoisotopic (exact) mass is 406 g/mol. The minimum absolute atomic E-state index is 0.501. The molecule has 0 aliphatic heterocycles. The van der Waals surface area contributed by atoms with E-state index in [0.717, 1.165) is 6.07 Å². The van der Waals surface area contributed by atoms with Crippen LogP contribution >= 0.6 is 11.8 Å². The molecule has 0 bridgehead atoms. The highest BCUT2D eigenvalue weighted by Crippen LogP contribution is 2.37. The maximum absolute atomic E-state index is 13.9. The Bertz CT molecular complexity index is 912. The lowest BCUT2D eigenvalue weighted by Crippen LogP contribution is -2.13. The lowest BCUT2D eigenvalue weighted by molar-refractivity contribution is -0.388. The molecule has 0 amide bonds. The molecule has 0 fully saturated rings. The maximum Gasteiger partial charge on any atom is 0.314 e. The third-order valence-electron chi connectivity index (χ3n) is 3.23. The van der Waals surface area contributed by atoms with Gasteiger partial charge in [0.2, 0.25) is 11.6 Å². The predicted octanol–water partition coefficient (Wildman–Crippen LogP) is 4.62. The number of hydrogen-bond donors (Lipinski definition) is 0. The van der Waals surface area contributed by atoms with E-state index in [-0.39, 0.29) is 0 Å². The van der Waals surface area contributed by atoms with Crippen LogP contribution in [-0.2, 0) is 0 Å². The van der Waals surface area contributed by atoms with Crippen molar-refractivity contribution in [1.29, 1.82) is 0 Å². The molecule has 0 aliphatic rings. The summed E-state index contributed by atoms with van der Waals surface area (Å²) in [7, 11) is 0. The zero-order valence-corrected chi connectivity index (χ0v) is 14.3. The number of benzene rings is 2. The summed E-state index contributed by atoms with van der Waals surface area (Å²) in [6, 6.07) is 2.65. The Balaban J connectivity index is 2.23. The van der Waals surface area contributed by atoms with E-state index in [0.29, 0.717) is 30.0 Å². The average Bonchev–Trinajstić information content (AvgIpc) is 2.59. The first-order valence-corrected chi connectivity index (χ1v) is 8.05. The number of nitrogens with zero attached hydrogens (tertiary/aromatic N) is 2. The molecule has 0 N–H and O–H groups in total. The van der Waals surface area contributed by atoms with E-state index in [4.69, 9.17) is 4.74 Å². The number of nitro benzene ring substituents is 2. The Kier molecular flexibility index (Phi) is 6.20. The van der Waals surface area contributed by atoms with Crippen molar-refractivity contribution >= 4 is 23.1 Å². The van der Waals surface area contributed by atoms with Crippen LogP contribution in [0.2, 0.25) is 0 Å². The SMILES string of the molecule is CC(COc1c([N+](=O)[O-])ccc(F)c1F)Sc1c([N+](=O)[O-])ccc(F)c1F. The summed E-state index contributed by atoms with van der Waals surface area (Å²) >= 11 is 0.515. The Labute approximate surface area is 153 Å². The summed E-state index contributed by atoms with van der Waals surface area (Å²) in [6.07, 6.45) is 0. The van der Waals surface area contributed by atoms with E-state index in [2.05, 4.69) is 0 Å². The second-order valence-electron chi connectivity index (χ2n) is 5.17. The van der Waals surface area contributed by atoms with Gasteiger partial charge in [0.15, 0.2) is 17.5 Å². The minimum atomic E-state index is -1.58. The minimum Gasteiger partial charge on any atom is -0.484 e. The maximum atomic E-state index is 13.9. The zero-order valence-electron chi connectivity index (χ0n) is 13.4. The number of ether oxygens (including phenoxy) is 1. The van der Waals surface area contributed by atoms with Gasteiger partial charge in [-0.2, -0.15) is 4.39 Å². The van der Waals surface area contributed by atoms with Crippen LogP contribution in [0.15, 0.2) is 29.2 Å². The molecule has 0 aromatic heterocycles. The van der Waals surface area contributed by atoms with Gasteiger partial charge >= 0.3 is 5.69 Å². The Morgan fingerprint density at radius 2 is 1.48 bits per heavy atom. The van der Waals surface area contributed by atoms with Crippen molar-refractivity contribution < 1.29 is 32.1 Å². The summed E-state index contributed by atoms with van der Waals surface area (Å²) in [5.74, 6) is -6.65. The highest BCUT2D eigenvalue weighted by Gasteiger charge is 2.26. The smallest absolute Gasteiger partial charge is 0.314 e. The topological polar surface area (TPSA) is 95.5 Å². The molecule has 0 aliphatic carbocycles. The lowest BCUT2D eigenvalue weighted by Gasteiger charge is -2.14. The van der Waals surface area contributed by atoms with Crippen LogP contribution in [-0.4, -0.2) is 21.7 Å². The molecule has 0 spiro atoms. The Morgan fingerprint density at radius 3 is 2.04 bits per heavy atom. The summed E-state index contributed by atoms with van der Waals surface area (Å²) in [5, 5.41) is 21.0. The fourth-order valence-electron chi connectivity index (χ4n) is 2.02. The van der Waals surface area contributed by atoms with E-state index >= 15 is 0 Å². The molecule has 0 heterocycles. The molecular formula is C15H10F4N2O5S. The highest BCUT2D eigenvalue weighted by atomic mass is 32.2. The van der Waals surface area contributed by atoms with E-state index in [1.807, 2.05) is 0 Å². The highest BCUT2D eigenvalue weighted by molar-refractivity contribution is 8.00. The second-order valence-corrected chi connectivity index (χ2v) is 6.62. The van der Waals surface area contributed by atoms with Crippen LogP contribution in [0.3, 0.4) is 0 Å². The van der Waals surface area contributed by atoms with Crippen molar-refractivity contribution in [3.63, 3.8) is 0 Å². The molecule has 12 heteroatoms. The molecular weight excluding hydrogens is 396 g/mol.